The molecule has 0 atom stereocenters. The Kier molecular flexibility index (Phi) is 6.59. The Morgan fingerprint density at radius 1 is 1.07 bits per heavy atom. The van der Waals surface area contributed by atoms with E-state index in [1.54, 1.807) is 35.7 Å². The van der Waals surface area contributed by atoms with E-state index in [2.05, 4.69) is 21.3 Å². The van der Waals surface area contributed by atoms with Crippen LogP contribution in [0.3, 0.4) is 0 Å². The molecule has 0 aliphatic carbocycles. The summed E-state index contributed by atoms with van der Waals surface area (Å²) in [7, 11) is 0. The maximum atomic E-state index is 12.1. The van der Waals surface area contributed by atoms with Gasteiger partial charge in [-0.25, -0.2) is 4.68 Å². The molecule has 1 aromatic carbocycles. The van der Waals surface area contributed by atoms with Gasteiger partial charge in [0.1, 0.15) is 0 Å². The number of aromatic hydroxyl groups is 1. The number of nitrogens with one attached hydrogen (secondary N) is 3. The van der Waals surface area contributed by atoms with Crippen molar-refractivity contribution >= 4 is 29.1 Å². The van der Waals surface area contributed by atoms with Crippen molar-refractivity contribution in [2.75, 3.05) is 6.54 Å². The average Bonchev–Trinajstić information content (AvgIpc) is 3.40. The van der Waals surface area contributed by atoms with E-state index in [-0.39, 0.29) is 23.8 Å². The molecule has 10 heteroatoms. The van der Waals surface area contributed by atoms with Crippen LogP contribution in [0.5, 0.6) is 5.75 Å². The van der Waals surface area contributed by atoms with Crippen LogP contribution in [0.4, 0.5) is 0 Å². The van der Waals surface area contributed by atoms with Crippen molar-refractivity contribution < 1.29 is 19.5 Å². The molecule has 2 heterocycles. The Morgan fingerprint density at radius 3 is 2.59 bits per heavy atom. The lowest BCUT2D eigenvalue weighted by Crippen LogP contribution is -2.42. The second-order valence-electron chi connectivity index (χ2n) is 6.02. The van der Waals surface area contributed by atoms with Crippen LogP contribution in [0.25, 0.3) is 5.69 Å². The monoisotopic (exact) mass is 413 g/mol. The minimum absolute atomic E-state index is 0.106. The summed E-state index contributed by atoms with van der Waals surface area (Å²) in [6.07, 6.45) is 1.82. The van der Waals surface area contributed by atoms with Crippen LogP contribution >= 0.6 is 11.3 Å². The number of amides is 3. The fraction of sp³-hybridized carbons (Fsp3) is 0.158. The number of benzene rings is 1. The van der Waals surface area contributed by atoms with Gasteiger partial charge in [0.2, 0.25) is 5.91 Å². The molecule has 2 aromatic heterocycles. The maximum absolute atomic E-state index is 12.1. The molecule has 0 saturated carbocycles. The van der Waals surface area contributed by atoms with Crippen molar-refractivity contribution in [3.8, 4) is 11.4 Å². The van der Waals surface area contributed by atoms with Crippen LogP contribution in [0.1, 0.15) is 33.7 Å². The van der Waals surface area contributed by atoms with Crippen LogP contribution in [-0.2, 0) is 4.79 Å². The Balaban J connectivity index is 1.41. The molecular weight excluding hydrogens is 394 g/mol. The molecule has 0 saturated heterocycles. The van der Waals surface area contributed by atoms with E-state index < -0.39 is 11.8 Å². The summed E-state index contributed by atoms with van der Waals surface area (Å²) in [6, 6.07) is 10.7. The quantitative estimate of drug-likeness (QED) is 0.346. The van der Waals surface area contributed by atoms with E-state index in [9.17, 15) is 19.5 Å². The van der Waals surface area contributed by atoms with E-state index in [1.165, 1.54) is 22.2 Å². The molecule has 0 radical (unpaired) electrons. The van der Waals surface area contributed by atoms with Gasteiger partial charge in [0.05, 0.1) is 11.9 Å². The molecule has 0 bridgehead atoms. The first-order chi connectivity index (χ1) is 14.0. The zero-order valence-corrected chi connectivity index (χ0v) is 16.1. The summed E-state index contributed by atoms with van der Waals surface area (Å²) in [4.78, 5) is 35.8. The Morgan fingerprint density at radius 2 is 1.86 bits per heavy atom. The molecule has 3 aromatic rings. The number of para-hydroxylation sites is 1. The van der Waals surface area contributed by atoms with Crippen molar-refractivity contribution in [3.63, 3.8) is 0 Å². The molecule has 0 aliphatic heterocycles. The lowest BCUT2D eigenvalue weighted by Gasteiger charge is -2.07. The van der Waals surface area contributed by atoms with Gasteiger partial charge in [-0.3, -0.25) is 25.2 Å². The Hall–Kier alpha value is -3.66. The van der Waals surface area contributed by atoms with E-state index in [0.717, 1.165) is 0 Å². The topological polar surface area (TPSA) is 125 Å². The fourth-order valence-corrected chi connectivity index (χ4v) is 3.07. The highest BCUT2D eigenvalue weighted by molar-refractivity contribution is 7.08. The van der Waals surface area contributed by atoms with Crippen molar-refractivity contribution in [1.82, 2.24) is 25.9 Å². The second kappa shape index (κ2) is 9.51. The minimum Gasteiger partial charge on any atom is -0.504 e. The lowest BCUT2D eigenvalue weighted by atomic mass is 10.3. The highest BCUT2D eigenvalue weighted by Crippen LogP contribution is 2.17. The minimum atomic E-state index is -0.740. The number of aromatic nitrogens is 2. The second-order valence-corrected chi connectivity index (χ2v) is 6.80. The standard InChI is InChI=1S/C19H19N5O4S/c25-15-11-24(14-5-2-1-3-6-14)23-17(15)19(28)22-21-16(26)7-4-9-20-18(27)13-8-10-29-12-13/h1-3,5-6,8,10-12,25H,4,7,9H2,(H,20,27)(H,21,26)(H,22,28). The smallest absolute Gasteiger partial charge is 0.294 e. The summed E-state index contributed by atoms with van der Waals surface area (Å²) >= 11 is 1.43. The number of hydrazine groups is 1. The van der Waals surface area contributed by atoms with Gasteiger partial charge in [-0.2, -0.15) is 16.4 Å². The Labute approximate surface area is 170 Å². The van der Waals surface area contributed by atoms with Gasteiger partial charge in [0, 0.05) is 23.9 Å². The number of thiophene rings is 1. The zero-order chi connectivity index (χ0) is 20.6. The average molecular weight is 413 g/mol. The summed E-state index contributed by atoms with van der Waals surface area (Å²) in [6.45, 7) is 0.332. The molecule has 3 amide bonds. The molecular formula is C19H19N5O4S. The van der Waals surface area contributed by atoms with Gasteiger partial charge in [-0.15, -0.1) is 0 Å². The highest BCUT2D eigenvalue weighted by atomic mass is 32.1. The molecule has 150 valence electrons. The van der Waals surface area contributed by atoms with Gasteiger partial charge in [0.25, 0.3) is 11.8 Å². The van der Waals surface area contributed by atoms with Gasteiger partial charge >= 0.3 is 0 Å². The van der Waals surface area contributed by atoms with Crippen molar-refractivity contribution in [2.24, 2.45) is 0 Å². The molecule has 29 heavy (non-hydrogen) atoms. The van der Waals surface area contributed by atoms with E-state index in [0.29, 0.717) is 24.2 Å². The molecule has 0 unspecified atom stereocenters. The van der Waals surface area contributed by atoms with Crippen molar-refractivity contribution in [1.29, 1.82) is 0 Å². The molecule has 3 rings (SSSR count). The van der Waals surface area contributed by atoms with Gasteiger partial charge in [-0.05, 0) is 30.0 Å². The predicted molar refractivity (Wildman–Crippen MR) is 107 cm³/mol. The number of hydrogen-bond acceptors (Lipinski definition) is 6. The van der Waals surface area contributed by atoms with Crippen LogP contribution in [0, 0.1) is 0 Å². The highest BCUT2D eigenvalue weighted by Gasteiger charge is 2.17. The zero-order valence-electron chi connectivity index (χ0n) is 15.3. The van der Waals surface area contributed by atoms with E-state index >= 15 is 0 Å². The number of nitrogens with zero attached hydrogens (tertiary/aromatic N) is 2. The van der Waals surface area contributed by atoms with Crippen LogP contribution in [-0.4, -0.2) is 39.2 Å². The normalized spacial score (nSPS) is 10.3. The van der Waals surface area contributed by atoms with Crippen LogP contribution in [0.2, 0.25) is 0 Å². The van der Waals surface area contributed by atoms with E-state index in [1.807, 2.05) is 11.4 Å². The van der Waals surface area contributed by atoms with Crippen molar-refractivity contribution in [3.05, 3.63) is 64.6 Å². The summed E-state index contributed by atoms with van der Waals surface area (Å²) in [5.74, 6) is -1.66. The van der Waals surface area contributed by atoms with Crippen LogP contribution in [0.15, 0.2) is 53.4 Å². The lowest BCUT2D eigenvalue weighted by molar-refractivity contribution is -0.121. The third kappa shape index (κ3) is 5.42. The summed E-state index contributed by atoms with van der Waals surface area (Å²) < 4.78 is 1.36. The van der Waals surface area contributed by atoms with Crippen molar-refractivity contribution in [2.45, 2.75) is 12.8 Å². The molecule has 9 nitrogen and oxygen atoms in total. The summed E-state index contributed by atoms with van der Waals surface area (Å²) in [5, 5.41) is 20.2. The number of rotatable bonds is 7. The summed E-state index contributed by atoms with van der Waals surface area (Å²) in [5.41, 5.74) is 5.53. The first kappa shape index (κ1) is 20.1. The van der Waals surface area contributed by atoms with Gasteiger partial charge < -0.3 is 10.4 Å². The molecule has 0 spiro atoms. The van der Waals surface area contributed by atoms with Gasteiger partial charge in [-0.1, -0.05) is 18.2 Å². The maximum Gasteiger partial charge on any atom is 0.294 e. The first-order valence-electron chi connectivity index (χ1n) is 8.78. The van der Waals surface area contributed by atoms with Gasteiger partial charge in [0.15, 0.2) is 11.4 Å². The SMILES string of the molecule is O=C(CCCNC(=O)c1ccsc1)NNC(=O)c1nn(-c2ccccc2)cc1O. The number of carbonyl (C=O) groups is 3. The number of hydrogen-bond donors (Lipinski definition) is 4. The molecule has 0 fully saturated rings. The predicted octanol–water partition coefficient (Wildman–Crippen LogP) is 1.61. The molecule has 4 N–H and O–H groups in total. The third-order valence-electron chi connectivity index (χ3n) is 3.90. The molecule has 0 aliphatic rings. The Bertz CT molecular complexity index is 985. The first-order valence-corrected chi connectivity index (χ1v) is 9.72. The third-order valence-corrected chi connectivity index (χ3v) is 4.58. The van der Waals surface area contributed by atoms with E-state index in [4.69, 9.17) is 0 Å². The van der Waals surface area contributed by atoms with Crippen LogP contribution < -0.4 is 16.2 Å². The number of carbonyl (C=O) groups excluding carboxylic acids is 3. The fourth-order valence-electron chi connectivity index (χ4n) is 2.43. The largest absolute Gasteiger partial charge is 0.504 e.